The molecule has 5 nitrogen and oxygen atoms in total. The van der Waals surface area contributed by atoms with Gasteiger partial charge in [-0.05, 0) is 36.5 Å². The molecule has 0 saturated heterocycles. The highest BCUT2D eigenvalue weighted by molar-refractivity contribution is 7.15. The zero-order chi connectivity index (χ0) is 18.2. The minimum Gasteiger partial charge on any atom is -0.497 e. The molecular weight excluding hydrogens is 346 g/mol. The van der Waals surface area contributed by atoms with E-state index in [0.29, 0.717) is 11.6 Å². The van der Waals surface area contributed by atoms with E-state index >= 15 is 0 Å². The van der Waals surface area contributed by atoms with Gasteiger partial charge in [0.1, 0.15) is 10.8 Å². The first-order valence-corrected chi connectivity index (χ1v) is 10.3. The molecule has 0 spiro atoms. The number of aromatic nitrogens is 2. The SMILES string of the molecule is COc1ccc(CCc2nnc(NC(=O)CCC3CCCCC3)s2)cc1. The maximum absolute atomic E-state index is 12.1. The molecule has 1 aromatic heterocycles. The molecule has 0 aliphatic heterocycles. The van der Waals surface area contributed by atoms with E-state index in [-0.39, 0.29) is 5.91 Å². The molecule has 0 atom stereocenters. The zero-order valence-electron chi connectivity index (χ0n) is 15.4. The Bertz CT molecular complexity index is 693. The van der Waals surface area contributed by atoms with Crippen LogP contribution in [0, 0.1) is 5.92 Å². The fourth-order valence-corrected chi connectivity index (χ4v) is 4.20. The van der Waals surface area contributed by atoms with Crippen LogP contribution in [0.15, 0.2) is 24.3 Å². The third kappa shape index (κ3) is 5.80. The highest BCUT2D eigenvalue weighted by atomic mass is 32.1. The minimum atomic E-state index is 0.0634. The first-order valence-electron chi connectivity index (χ1n) is 9.48. The van der Waals surface area contributed by atoms with Gasteiger partial charge >= 0.3 is 0 Å². The molecule has 26 heavy (non-hydrogen) atoms. The van der Waals surface area contributed by atoms with E-state index in [9.17, 15) is 4.79 Å². The Morgan fingerprint density at radius 2 is 1.92 bits per heavy atom. The van der Waals surface area contributed by atoms with Gasteiger partial charge in [-0.1, -0.05) is 55.6 Å². The lowest BCUT2D eigenvalue weighted by atomic mass is 9.86. The van der Waals surface area contributed by atoms with Crippen molar-refractivity contribution in [1.82, 2.24) is 10.2 Å². The summed E-state index contributed by atoms with van der Waals surface area (Å²) in [5.74, 6) is 1.65. The molecule has 1 aliphatic carbocycles. The summed E-state index contributed by atoms with van der Waals surface area (Å²) in [6.07, 6.45) is 9.85. The number of carbonyl (C=O) groups excluding carboxylic acids is 1. The van der Waals surface area contributed by atoms with Crippen molar-refractivity contribution in [2.24, 2.45) is 5.92 Å². The van der Waals surface area contributed by atoms with E-state index < -0.39 is 0 Å². The number of benzene rings is 1. The molecule has 1 aliphatic rings. The molecule has 0 bridgehead atoms. The number of ether oxygens (including phenoxy) is 1. The number of anilines is 1. The topological polar surface area (TPSA) is 64.1 Å². The first-order chi connectivity index (χ1) is 12.7. The van der Waals surface area contributed by atoms with Gasteiger partial charge in [0.25, 0.3) is 0 Å². The average molecular weight is 374 g/mol. The summed E-state index contributed by atoms with van der Waals surface area (Å²) in [5.41, 5.74) is 1.24. The quantitative estimate of drug-likeness (QED) is 0.733. The lowest BCUT2D eigenvalue weighted by Crippen LogP contribution is -2.14. The number of methoxy groups -OCH3 is 1. The van der Waals surface area contributed by atoms with E-state index in [2.05, 4.69) is 27.6 Å². The second-order valence-electron chi connectivity index (χ2n) is 6.94. The van der Waals surface area contributed by atoms with Crippen LogP contribution >= 0.6 is 11.3 Å². The summed E-state index contributed by atoms with van der Waals surface area (Å²) in [4.78, 5) is 12.1. The molecule has 6 heteroatoms. The molecule has 0 radical (unpaired) electrons. The number of nitrogens with one attached hydrogen (secondary N) is 1. The largest absolute Gasteiger partial charge is 0.497 e. The number of nitrogens with zero attached hydrogens (tertiary/aromatic N) is 2. The Balaban J connectivity index is 1.41. The zero-order valence-corrected chi connectivity index (χ0v) is 16.2. The molecular formula is C20H27N3O2S. The van der Waals surface area contributed by atoms with Crippen molar-refractivity contribution in [3.05, 3.63) is 34.8 Å². The second-order valence-corrected chi connectivity index (χ2v) is 8.00. The molecule has 1 fully saturated rings. The van der Waals surface area contributed by atoms with Crippen LogP contribution in [0.2, 0.25) is 0 Å². The summed E-state index contributed by atoms with van der Waals surface area (Å²) >= 11 is 1.47. The van der Waals surface area contributed by atoms with E-state index in [0.717, 1.165) is 35.9 Å². The summed E-state index contributed by atoms with van der Waals surface area (Å²) in [6.45, 7) is 0. The fourth-order valence-electron chi connectivity index (χ4n) is 3.44. The Kier molecular flexibility index (Phi) is 7.00. The smallest absolute Gasteiger partial charge is 0.226 e. The van der Waals surface area contributed by atoms with Gasteiger partial charge in [-0.2, -0.15) is 0 Å². The van der Waals surface area contributed by atoms with Gasteiger partial charge in [0.2, 0.25) is 11.0 Å². The molecule has 2 aromatic rings. The molecule has 1 amide bonds. The number of amides is 1. The van der Waals surface area contributed by atoms with Crippen LogP contribution in [0.4, 0.5) is 5.13 Å². The van der Waals surface area contributed by atoms with Crippen LogP contribution < -0.4 is 10.1 Å². The molecule has 1 aromatic carbocycles. The van der Waals surface area contributed by atoms with Crippen LogP contribution in [-0.4, -0.2) is 23.2 Å². The Morgan fingerprint density at radius 3 is 2.65 bits per heavy atom. The summed E-state index contributed by atoms with van der Waals surface area (Å²) in [7, 11) is 1.67. The van der Waals surface area contributed by atoms with Crippen LogP contribution in [0.3, 0.4) is 0 Å². The number of aryl methyl sites for hydroxylation is 2. The number of rotatable bonds is 8. The highest BCUT2D eigenvalue weighted by Crippen LogP contribution is 2.27. The molecule has 1 heterocycles. The maximum Gasteiger partial charge on any atom is 0.226 e. The van der Waals surface area contributed by atoms with Gasteiger partial charge in [-0.3, -0.25) is 4.79 Å². The van der Waals surface area contributed by atoms with Gasteiger partial charge in [0.05, 0.1) is 7.11 Å². The van der Waals surface area contributed by atoms with E-state index in [1.54, 1.807) is 7.11 Å². The van der Waals surface area contributed by atoms with Crippen molar-refractivity contribution in [1.29, 1.82) is 0 Å². The normalized spacial score (nSPS) is 15.0. The first kappa shape index (κ1) is 18.8. The monoisotopic (exact) mass is 373 g/mol. The van der Waals surface area contributed by atoms with Crippen molar-refractivity contribution in [2.75, 3.05) is 12.4 Å². The minimum absolute atomic E-state index is 0.0634. The van der Waals surface area contributed by atoms with E-state index in [1.807, 2.05) is 12.1 Å². The molecule has 140 valence electrons. The summed E-state index contributed by atoms with van der Waals surface area (Å²) in [6, 6.07) is 8.06. The van der Waals surface area contributed by atoms with Crippen molar-refractivity contribution in [3.8, 4) is 5.75 Å². The van der Waals surface area contributed by atoms with Crippen LogP contribution in [0.1, 0.15) is 55.5 Å². The summed E-state index contributed by atoms with van der Waals surface area (Å²) < 4.78 is 5.17. The number of carbonyl (C=O) groups is 1. The standard InChI is InChI=1S/C20H27N3O2S/c1-25-17-11-7-16(8-12-17)10-14-19-22-23-20(26-19)21-18(24)13-9-15-5-3-2-4-6-15/h7-8,11-12,15H,2-6,9-10,13-14H2,1H3,(H,21,23,24). The Labute approximate surface area is 159 Å². The average Bonchev–Trinajstić information content (AvgIpc) is 3.13. The van der Waals surface area contributed by atoms with Crippen molar-refractivity contribution in [3.63, 3.8) is 0 Å². The molecule has 1 N–H and O–H groups in total. The molecule has 0 unspecified atom stereocenters. The highest BCUT2D eigenvalue weighted by Gasteiger charge is 2.15. The lowest BCUT2D eigenvalue weighted by molar-refractivity contribution is -0.116. The predicted octanol–water partition coefficient (Wildman–Crippen LogP) is 4.63. The van der Waals surface area contributed by atoms with Crippen molar-refractivity contribution < 1.29 is 9.53 Å². The van der Waals surface area contributed by atoms with Gasteiger partial charge in [-0.25, -0.2) is 0 Å². The third-order valence-electron chi connectivity index (χ3n) is 5.00. The van der Waals surface area contributed by atoms with Gasteiger partial charge < -0.3 is 10.1 Å². The third-order valence-corrected chi connectivity index (χ3v) is 5.90. The predicted molar refractivity (Wildman–Crippen MR) is 105 cm³/mol. The maximum atomic E-state index is 12.1. The lowest BCUT2D eigenvalue weighted by Gasteiger charge is -2.20. The Morgan fingerprint density at radius 1 is 1.15 bits per heavy atom. The van der Waals surface area contributed by atoms with E-state index in [4.69, 9.17) is 4.74 Å². The van der Waals surface area contributed by atoms with Gasteiger partial charge in [0.15, 0.2) is 0 Å². The summed E-state index contributed by atoms with van der Waals surface area (Å²) in [5, 5.41) is 12.8. The van der Waals surface area contributed by atoms with Gasteiger partial charge in [-0.15, -0.1) is 10.2 Å². The van der Waals surface area contributed by atoms with Crippen LogP contribution in [0.25, 0.3) is 0 Å². The van der Waals surface area contributed by atoms with E-state index in [1.165, 1.54) is 49.0 Å². The van der Waals surface area contributed by atoms with Crippen molar-refractivity contribution >= 4 is 22.4 Å². The molecule has 3 rings (SSSR count). The second kappa shape index (κ2) is 9.67. The van der Waals surface area contributed by atoms with Crippen LogP contribution in [-0.2, 0) is 17.6 Å². The number of hydrogen-bond acceptors (Lipinski definition) is 5. The molecule has 1 saturated carbocycles. The van der Waals surface area contributed by atoms with Crippen molar-refractivity contribution in [2.45, 2.75) is 57.8 Å². The number of hydrogen-bond donors (Lipinski definition) is 1. The van der Waals surface area contributed by atoms with Gasteiger partial charge in [0, 0.05) is 12.8 Å². The Hall–Kier alpha value is -1.95. The van der Waals surface area contributed by atoms with Crippen LogP contribution in [0.5, 0.6) is 5.75 Å². The fraction of sp³-hybridized carbons (Fsp3) is 0.550.